The van der Waals surface area contributed by atoms with Crippen LogP contribution in [0.5, 0.6) is 5.75 Å². The molecular formula is C47H75N15O9. The number of carbonyl (C=O) groups excluding carboxylic acids is 8. The van der Waals surface area contributed by atoms with E-state index in [1.54, 1.807) is 42.5 Å². The van der Waals surface area contributed by atoms with E-state index in [0.29, 0.717) is 11.1 Å². The summed E-state index contributed by atoms with van der Waals surface area (Å²) in [6.45, 7) is 6.52. The van der Waals surface area contributed by atoms with E-state index < -0.39 is 96.6 Å². The third-order valence-electron chi connectivity index (χ3n) is 10.7. The molecule has 2 aromatic carbocycles. The number of nitrogens with zero attached hydrogens (tertiary/aromatic N) is 3. The van der Waals surface area contributed by atoms with Crippen LogP contribution in [-0.2, 0) is 51.2 Å². The van der Waals surface area contributed by atoms with Crippen molar-refractivity contribution in [3.63, 3.8) is 0 Å². The Bertz CT molecular complexity index is 2130. The standard InChI is InChI=1S/C47H75N15O9/c1-27(2)21-35(40(49)66)60-42(68)34(14-10-20-55-47(52)53)58-41(67)33(13-9-19-54-46(50)51)59-43(69)36(22-28(3)4)61-44(70)37(24-29-11-7-6-8-12-29)57-38(64)25-56-39(65)26-62(5)45(71)32(48)23-30-15-17-31(63)18-16-30/h6-8,11-12,15-18,27-28,32-37,63H,9-10,13-14,19-26,48H2,1-5H3,(H2,49,66)(H,56,65)(H,57,64)(H,58,67)(H,59,69)(H,60,68)(H,61,70)(H4,50,51,54)(H4,52,53,55)/t32-,33-,34-,35+,36-,37-/m0/s1. The van der Waals surface area contributed by atoms with E-state index in [-0.39, 0.29) is 94.0 Å². The van der Waals surface area contributed by atoms with Crippen molar-refractivity contribution in [3.05, 3.63) is 65.7 Å². The third-order valence-corrected chi connectivity index (χ3v) is 10.7. The van der Waals surface area contributed by atoms with Gasteiger partial charge in [-0.3, -0.25) is 48.3 Å². The second-order valence-electron chi connectivity index (χ2n) is 18.1. The second-order valence-corrected chi connectivity index (χ2v) is 18.1. The first-order valence-electron chi connectivity index (χ1n) is 23.5. The van der Waals surface area contributed by atoms with Crippen molar-refractivity contribution in [2.45, 2.75) is 115 Å². The molecule has 0 spiro atoms. The average molecular weight is 994 g/mol. The predicted octanol–water partition coefficient (Wildman–Crippen LogP) is -2.81. The number of amides is 8. The maximum atomic E-state index is 14.2. The molecule has 2 rings (SSSR count). The second kappa shape index (κ2) is 30.9. The Morgan fingerprint density at radius 3 is 1.52 bits per heavy atom. The molecule has 0 unspecified atom stereocenters. The molecule has 6 atom stereocenters. The monoisotopic (exact) mass is 994 g/mol. The highest BCUT2D eigenvalue weighted by Gasteiger charge is 2.33. The highest BCUT2D eigenvalue weighted by molar-refractivity contribution is 5.97. The van der Waals surface area contributed by atoms with E-state index in [0.717, 1.165) is 4.90 Å². The topological polar surface area (TPSA) is 413 Å². The van der Waals surface area contributed by atoms with Crippen LogP contribution in [0.2, 0.25) is 0 Å². The smallest absolute Gasteiger partial charge is 0.243 e. The number of aromatic hydroxyl groups is 1. The molecule has 8 amide bonds. The zero-order valence-electron chi connectivity index (χ0n) is 41.3. The van der Waals surface area contributed by atoms with Gasteiger partial charge in [0.15, 0.2) is 11.9 Å². The van der Waals surface area contributed by atoms with Gasteiger partial charge in [0, 0.05) is 26.6 Å². The summed E-state index contributed by atoms with van der Waals surface area (Å²) < 4.78 is 0. The Kier molecular flexibility index (Phi) is 25.9. The molecule has 0 aromatic heterocycles. The molecule has 71 heavy (non-hydrogen) atoms. The molecule has 0 aliphatic carbocycles. The molecule has 0 radical (unpaired) electrons. The lowest BCUT2D eigenvalue weighted by Gasteiger charge is -2.28. The number of rotatable bonds is 31. The first kappa shape index (κ1) is 59.6. The maximum absolute atomic E-state index is 14.2. The average Bonchev–Trinajstić information content (AvgIpc) is 3.29. The van der Waals surface area contributed by atoms with Crippen LogP contribution in [0.4, 0.5) is 0 Å². The molecule has 0 bridgehead atoms. The minimum absolute atomic E-state index is 0.0165. The van der Waals surface area contributed by atoms with Crippen molar-refractivity contribution in [2.24, 2.45) is 56.2 Å². The van der Waals surface area contributed by atoms with Crippen LogP contribution in [-0.4, -0.2) is 139 Å². The zero-order chi connectivity index (χ0) is 53.2. The molecule has 24 heteroatoms. The number of phenolic OH excluding ortho intramolecular Hbond substituents is 1. The number of nitrogens with one attached hydrogen (secondary N) is 6. The van der Waals surface area contributed by atoms with Crippen molar-refractivity contribution in [3.8, 4) is 5.75 Å². The fourth-order valence-electron chi connectivity index (χ4n) is 7.14. The maximum Gasteiger partial charge on any atom is 0.243 e. The van der Waals surface area contributed by atoms with Gasteiger partial charge in [0.1, 0.15) is 36.0 Å². The molecule has 0 saturated heterocycles. The predicted molar refractivity (Wildman–Crippen MR) is 268 cm³/mol. The van der Waals surface area contributed by atoms with Crippen LogP contribution < -0.4 is 66.3 Å². The van der Waals surface area contributed by atoms with Gasteiger partial charge in [0.05, 0.1) is 19.1 Å². The molecule has 0 aliphatic heterocycles. The quantitative estimate of drug-likeness (QED) is 0.0206. The summed E-state index contributed by atoms with van der Waals surface area (Å²) in [7, 11) is 1.38. The largest absolute Gasteiger partial charge is 0.508 e. The van der Waals surface area contributed by atoms with Crippen molar-refractivity contribution in [1.82, 2.24) is 36.8 Å². The summed E-state index contributed by atoms with van der Waals surface area (Å²) in [4.78, 5) is 117. The van der Waals surface area contributed by atoms with Crippen LogP contribution in [0.25, 0.3) is 0 Å². The Morgan fingerprint density at radius 1 is 0.577 bits per heavy atom. The number of carbonyl (C=O) groups is 8. The Labute approximate surface area is 414 Å². The minimum Gasteiger partial charge on any atom is -0.508 e. The van der Waals surface area contributed by atoms with Gasteiger partial charge in [-0.25, -0.2) is 0 Å². The molecule has 0 aliphatic rings. The molecule has 24 nitrogen and oxygen atoms in total. The third kappa shape index (κ3) is 24.1. The lowest BCUT2D eigenvalue weighted by molar-refractivity contribution is -0.136. The Balaban J connectivity index is 2.31. The van der Waals surface area contributed by atoms with Crippen LogP contribution in [0.3, 0.4) is 0 Å². The van der Waals surface area contributed by atoms with E-state index in [2.05, 4.69) is 41.9 Å². The summed E-state index contributed by atoms with van der Waals surface area (Å²) in [5.74, 6) is -6.22. The van der Waals surface area contributed by atoms with Crippen molar-refractivity contribution < 1.29 is 43.5 Å². The van der Waals surface area contributed by atoms with Crippen LogP contribution >= 0.6 is 0 Å². The molecule has 392 valence electrons. The first-order valence-corrected chi connectivity index (χ1v) is 23.5. The van der Waals surface area contributed by atoms with E-state index in [4.69, 9.17) is 34.4 Å². The van der Waals surface area contributed by atoms with Crippen molar-refractivity contribution in [2.75, 3.05) is 33.2 Å². The highest BCUT2D eigenvalue weighted by atomic mass is 16.3. The molecule has 2 aromatic rings. The lowest BCUT2D eigenvalue weighted by Crippen LogP contribution is -2.59. The molecule has 0 fully saturated rings. The Morgan fingerprint density at radius 2 is 1.03 bits per heavy atom. The molecular weight excluding hydrogens is 919 g/mol. The van der Waals surface area contributed by atoms with Gasteiger partial charge in [-0.15, -0.1) is 0 Å². The molecule has 0 heterocycles. The summed E-state index contributed by atoms with van der Waals surface area (Å²) in [6.07, 6.45) is 0.882. The fraction of sp³-hybridized carbons (Fsp3) is 0.532. The molecule has 19 N–H and O–H groups in total. The van der Waals surface area contributed by atoms with Gasteiger partial charge in [0.2, 0.25) is 47.3 Å². The van der Waals surface area contributed by atoms with Crippen molar-refractivity contribution >= 4 is 59.2 Å². The van der Waals surface area contributed by atoms with Crippen LogP contribution in [0.1, 0.15) is 77.3 Å². The number of hydrogen-bond acceptors (Lipinski definition) is 12. The zero-order valence-corrected chi connectivity index (χ0v) is 41.3. The summed E-state index contributed by atoms with van der Waals surface area (Å²) >= 11 is 0. The van der Waals surface area contributed by atoms with Crippen LogP contribution in [0.15, 0.2) is 64.6 Å². The number of likely N-dealkylation sites (N-methyl/N-ethyl adjacent to an activating group) is 1. The number of aliphatic imine (C=N–C) groups is 2. The van der Waals surface area contributed by atoms with Gasteiger partial charge in [-0.2, -0.15) is 0 Å². The minimum atomic E-state index is -1.30. The fourth-order valence-corrected chi connectivity index (χ4v) is 7.14. The summed E-state index contributed by atoms with van der Waals surface area (Å²) in [5.41, 5.74) is 35.0. The number of nitrogens with two attached hydrogens (primary N) is 6. The van der Waals surface area contributed by atoms with E-state index in [1.807, 2.05) is 27.7 Å². The van der Waals surface area contributed by atoms with E-state index in [1.165, 1.54) is 19.2 Å². The van der Waals surface area contributed by atoms with Gasteiger partial charge >= 0.3 is 0 Å². The van der Waals surface area contributed by atoms with Crippen molar-refractivity contribution in [1.29, 1.82) is 0 Å². The number of benzene rings is 2. The van der Waals surface area contributed by atoms with Gasteiger partial charge in [-0.1, -0.05) is 70.2 Å². The van der Waals surface area contributed by atoms with Gasteiger partial charge in [-0.05, 0) is 80.0 Å². The SMILES string of the molecule is CC(C)C[C@H](NC(=O)[C@H](Cc1ccccc1)NC(=O)CNC(=O)CN(C)C(=O)[C@@H](N)Cc1ccc(O)cc1)C(=O)N[C@@H](CCCN=C(N)N)C(=O)N[C@@H](CCCN=C(N)N)C(=O)N[C@H](CC(C)C)C(N)=O. The Hall–Kier alpha value is -7.50. The normalized spacial score (nSPS) is 13.5. The summed E-state index contributed by atoms with van der Waals surface area (Å²) in [6, 6.07) is 7.86. The van der Waals surface area contributed by atoms with E-state index >= 15 is 0 Å². The summed E-state index contributed by atoms with van der Waals surface area (Å²) in [5, 5.41) is 25.4. The van der Waals surface area contributed by atoms with Gasteiger partial charge < -0.3 is 76.3 Å². The number of guanidine groups is 2. The number of hydrogen-bond donors (Lipinski definition) is 13. The number of primary amides is 1. The number of phenols is 1. The first-order chi connectivity index (χ1) is 33.4. The molecule has 0 saturated carbocycles. The van der Waals surface area contributed by atoms with Gasteiger partial charge in [0.25, 0.3) is 0 Å². The van der Waals surface area contributed by atoms with E-state index in [9.17, 15) is 43.5 Å². The lowest BCUT2D eigenvalue weighted by atomic mass is 10.00. The van der Waals surface area contributed by atoms with Crippen LogP contribution in [0, 0.1) is 11.8 Å². The highest BCUT2D eigenvalue weighted by Crippen LogP contribution is 2.13.